The average molecular weight is 475 g/mol. The third-order valence-corrected chi connectivity index (χ3v) is 6.20. The molecule has 8 nitrogen and oxygen atoms in total. The van der Waals surface area contributed by atoms with Crippen molar-refractivity contribution in [3.8, 4) is 17.2 Å². The van der Waals surface area contributed by atoms with Crippen LogP contribution in [0.4, 0.5) is 0 Å². The Bertz CT molecular complexity index is 1270. The van der Waals surface area contributed by atoms with E-state index < -0.39 is 29.4 Å². The van der Waals surface area contributed by atoms with E-state index in [1.807, 2.05) is 13.0 Å². The number of amides is 1. The molecule has 1 saturated heterocycles. The summed E-state index contributed by atoms with van der Waals surface area (Å²) in [7, 11) is 4.53. The zero-order valence-electron chi connectivity index (χ0n) is 20.0. The van der Waals surface area contributed by atoms with Gasteiger partial charge in [-0.05, 0) is 48.4 Å². The highest BCUT2D eigenvalue weighted by Gasteiger charge is 2.52. The fourth-order valence-corrected chi connectivity index (χ4v) is 4.55. The number of pyridine rings is 1. The molecule has 2 aromatic carbocycles. The molecule has 1 aliphatic heterocycles. The Morgan fingerprint density at radius 3 is 2.37 bits per heavy atom. The summed E-state index contributed by atoms with van der Waals surface area (Å²) in [6.07, 6.45) is 3.25. The lowest BCUT2D eigenvalue weighted by molar-refractivity contribution is -0.141. The lowest BCUT2D eigenvalue weighted by atomic mass is 9.85. The molecule has 0 bridgehead atoms. The van der Waals surface area contributed by atoms with Crippen LogP contribution < -0.4 is 14.2 Å². The molecule has 1 amide bonds. The zero-order chi connectivity index (χ0) is 25.1. The number of rotatable bonds is 8. The molecular weight excluding hydrogens is 448 g/mol. The summed E-state index contributed by atoms with van der Waals surface area (Å²) in [4.78, 5) is 45.9. The van der Waals surface area contributed by atoms with Gasteiger partial charge in [0.1, 0.15) is 11.7 Å². The minimum Gasteiger partial charge on any atom is -0.496 e. The van der Waals surface area contributed by atoms with Gasteiger partial charge in [-0.2, -0.15) is 0 Å². The van der Waals surface area contributed by atoms with Gasteiger partial charge in [0.15, 0.2) is 17.3 Å². The first kappa shape index (κ1) is 23.9. The van der Waals surface area contributed by atoms with Crippen LogP contribution in [-0.4, -0.2) is 48.7 Å². The van der Waals surface area contributed by atoms with Gasteiger partial charge in [0.05, 0.1) is 27.4 Å². The number of aryl methyl sites for hydroxylation is 1. The molecule has 1 fully saturated rings. The lowest BCUT2D eigenvalue weighted by Crippen LogP contribution is -2.30. The van der Waals surface area contributed by atoms with Gasteiger partial charge in [0.25, 0.3) is 5.91 Å². The van der Waals surface area contributed by atoms with Crippen molar-refractivity contribution in [2.24, 2.45) is 5.92 Å². The third kappa shape index (κ3) is 4.35. The molecule has 8 heteroatoms. The maximum absolute atomic E-state index is 13.8. The second-order valence-corrected chi connectivity index (χ2v) is 8.21. The number of hydrogen-bond donors (Lipinski definition) is 0. The largest absolute Gasteiger partial charge is 0.496 e. The highest BCUT2D eigenvalue weighted by atomic mass is 16.5. The number of hydrogen-bond acceptors (Lipinski definition) is 7. The summed E-state index contributed by atoms with van der Waals surface area (Å²) < 4.78 is 16.4. The van der Waals surface area contributed by atoms with Crippen molar-refractivity contribution in [1.82, 2.24) is 9.88 Å². The normalized spacial score (nSPS) is 17.4. The Kier molecular flexibility index (Phi) is 6.82. The number of benzene rings is 2. The van der Waals surface area contributed by atoms with E-state index in [1.165, 1.54) is 19.1 Å². The molecule has 0 aliphatic carbocycles. The molecule has 4 rings (SSSR count). The smallest absolute Gasteiger partial charge is 0.291 e. The molecule has 180 valence electrons. The first-order chi connectivity index (χ1) is 16.9. The molecule has 1 aromatic heterocycles. The molecule has 0 spiro atoms. The van der Waals surface area contributed by atoms with Crippen LogP contribution >= 0.6 is 0 Å². The molecule has 2 atom stereocenters. The summed E-state index contributed by atoms with van der Waals surface area (Å²) in [6.45, 7) is 1.92. The van der Waals surface area contributed by atoms with Gasteiger partial charge < -0.3 is 19.1 Å². The highest BCUT2D eigenvalue weighted by molar-refractivity contribution is 6.44. The molecule has 3 aromatic rings. The summed E-state index contributed by atoms with van der Waals surface area (Å²) in [5.74, 6) is -1.77. The minimum atomic E-state index is -1.26. The number of Topliss-reactive ketones (excluding diaryl/α,β-unsaturated/α-hetero) is 2. The van der Waals surface area contributed by atoms with Gasteiger partial charge in [-0.15, -0.1) is 0 Å². The van der Waals surface area contributed by atoms with Crippen LogP contribution in [0.1, 0.15) is 33.1 Å². The number of carbonyl (C=O) groups excluding carboxylic acids is 3. The van der Waals surface area contributed by atoms with Crippen LogP contribution in [0.3, 0.4) is 0 Å². The van der Waals surface area contributed by atoms with E-state index in [-0.39, 0.29) is 6.54 Å². The minimum absolute atomic E-state index is 0.106. The van der Waals surface area contributed by atoms with E-state index in [2.05, 4.69) is 4.98 Å². The van der Waals surface area contributed by atoms with E-state index in [0.717, 1.165) is 11.1 Å². The average Bonchev–Trinajstić information content (AvgIpc) is 3.12. The Labute approximate surface area is 203 Å². The van der Waals surface area contributed by atoms with Crippen LogP contribution in [0.5, 0.6) is 17.2 Å². The Morgan fingerprint density at radius 1 is 0.971 bits per heavy atom. The molecule has 2 heterocycles. The van der Waals surface area contributed by atoms with Crippen LogP contribution in [0.15, 0.2) is 60.9 Å². The molecule has 1 aliphatic rings. The molecule has 2 unspecified atom stereocenters. The topological polar surface area (TPSA) is 95.0 Å². The Hall–Kier alpha value is -4.20. The predicted octanol–water partition coefficient (Wildman–Crippen LogP) is 3.57. The van der Waals surface area contributed by atoms with Crippen LogP contribution in [0.25, 0.3) is 0 Å². The number of ketones is 2. The van der Waals surface area contributed by atoms with Crippen LogP contribution in [0.2, 0.25) is 0 Å². The van der Waals surface area contributed by atoms with E-state index in [4.69, 9.17) is 14.2 Å². The molecular formula is C27H26N2O6. The van der Waals surface area contributed by atoms with Crippen molar-refractivity contribution in [3.05, 3.63) is 83.2 Å². The number of carbonyl (C=O) groups is 3. The zero-order valence-corrected chi connectivity index (χ0v) is 20.0. The third-order valence-electron chi connectivity index (χ3n) is 6.20. The number of nitrogens with zero attached hydrogens (tertiary/aromatic N) is 2. The van der Waals surface area contributed by atoms with Crippen molar-refractivity contribution in [2.45, 2.75) is 19.5 Å². The maximum Gasteiger partial charge on any atom is 0.291 e. The van der Waals surface area contributed by atoms with Crippen molar-refractivity contribution in [1.29, 1.82) is 0 Å². The fraction of sp³-hybridized carbons (Fsp3) is 0.259. The van der Waals surface area contributed by atoms with Crippen molar-refractivity contribution in [3.63, 3.8) is 0 Å². The Balaban J connectivity index is 1.86. The second kappa shape index (κ2) is 9.97. The van der Waals surface area contributed by atoms with Gasteiger partial charge in [-0.25, -0.2) is 0 Å². The number of likely N-dealkylation sites (tertiary alicyclic amines) is 1. The monoisotopic (exact) mass is 474 g/mol. The molecule has 35 heavy (non-hydrogen) atoms. The molecule has 0 saturated carbocycles. The van der Waals surface area contributed by atoms with Gasteiger partial charge >= 0.3 is 0 Å². The van der Waals surface area contributed by atoms with Crippen LogP contribution in [-0.2, 0) is 16.1 Å². The van der Waals surface area contributed by atoms with Crippen molar-refractivity contribution >= 4 is 17.5 Å². The highest BCUT2D eigenvalue weighted by Crippen LogP contribution is 2.45. The first-order valence-electron chi connectivity index (χ1n) is 11.0. The van der Waals surface area contributed by atoms with Crippen molar-refractivity contribution < 1.29 is 28.6 Å². The second-order valence-electron chi connectivity index (χ2n) is 8.21. The summed E-state index contributed by atoms with van der Waals surface area (Å²) >= 11 is 0. The lowest BCUT2D eigenvalue weighted by Gasteiger charge is -2.29. The fourth-order valence-electron chi connectivity index (χ4n) is 4.55. The maximum atomic E-state index is 13.8. The number of ether oxygens (including phenoxy) is 3. The van der Waals surface area contributed by atoms with E-state index in [9.17, 15) is 14.4 Å². The summed E-state index contributed by atoms with van der Waals surface area (Å²) in [6, 6.07) is 12.8. The first-order valence-corrected chi connectivity index (χ1v) is 11.0. The number of methoxy groups -OCH3 is 3. The number of aromatic nitrogens is 1. The van der Waals surface area contributed by atoms with Crippen molar-refractivity contribution in [2.75, 3.05) is 21.3 Å². The summed E-state index contributed by atoms with van der Waals surface area (Å²) in [5.41, 5.74) is 2.31. The van der Waals surface area contributed by atoms with E-state index >= 15 is 0 Å². The van der Waals surface area contributed by atoms with Gasteiger partial charge in [-0.1, -0.05) is 18.2 Å². The molecule has 0 N–H and O–H groups in total. The predicted molar refractivity (Wildman–Crippen MR) is 128 cm³/mol. The molecule has 0 radical (unpaired) electrons. The SMILES string of the molecule is COc1ccc(C(=O)C2C(=O)C(=O)N(Cc3cccnc3)C2c2cccc(OC)c2OC)cc1C. The van der Waals surface area contributed by atoms with Gasteiger partial charge in [0, 0.05) is 30.1 Å². The van der Waals surface area contributed by atoms with Crippen LogP contribution in [0, 0.1) is 12.8 Å². The van der Waals surface area contributed by atoms with E-state index in [1.54, 1.807) is 62.0 Å². The van der Waals surface area contributed by atoms with Gasteiger partial charge in [-0.3, -0.25) is 19.4 Å². The quantitative estimate of drug-likeness (QED) is 0.280. The standard InChI is InChI=1S/C27H26N2O6/c1-16-13-18(10-11-20(16)33-2)24(30)22-23(19-8-5-9-21(34-3)26(19)35-4)29(27(32)25(22)31)15-17-7-6-12-28-14-17/h5-14,22-23H,15H2,1-4H3. The van der Waals surface area contributed by atoms with Gasteiger partial charge in [0.2, 0.25) is 5.78 Å². The number of para-hydroxylation sites is 1. The Morgan fingerprint density at radius 2 is 1.74 bits per heavy atom. The summed E-state index contributed by atoms with van der Waals surface area (Å²) in [5, 5.41) is 0. The van der Waals surface area contributed by atoms with E-state index in [0.29, 0.717) is 28.4 Å².